The zero-order chi connectivity index (χ0) is 18.5. The SMILES string of the molecule is CNC(=O)CCCn1cc(-n2ccnc2-c2ccc(OC)cc2F)cn1. The van der Waals surface area contributed by atoms with Crippen LogP contribution in [0.15, 0.2) is 43.0 Å². The Morgan fingerprint density at radius 1 is 1.38 bits per heavy atom. The number of carbonyl (C=O) groups is 1. The predicted octanol–water partition coefficient (Wildman–Crippen LogP) is 2.41. The maximum atomic E-state index is 14.4. The molecule has 0 fully saturated rings. The van der Waals surface area contributed by atoms with E-state index in [0.717, 1.165) is 5.69 Å². The van der Waals surface area contributed by atoms with Crippen molar-refractivity contribution < 1.29 is 13.9 Å². The van der Waals surface area contributed by atoms with Crippen molar-refractivity contribution in [3.8, 4) is 22.8 Å². The minimum absolute atomic E-state index is 0.00394. The van der Waals surface area contributed by atoms with E-state index in [-0.39, 0.29) is 5.91 Å². The van der Waals surface area contributed by atoms with E-state index in [4.69, 9.17) is 4.74 Å². The van der Waals surface area contributed by atoms with Crippen LogP contribution < -0.4 is 10.1 Å². The lowest BCUT2D eigenvalue weighted by atomic mass is 10.2. The van der Waals surface area contributed by atoms with Gasteiger partial charge in [0.05, 0.1) is 24.6 Å². The number of nitrogens with one attached hydrogen (secondary N) is 1. The molecule has 0 aliphatic heterocycles. The minimum atomic E-state index is -0.408. The van der Waals surface area contributed by atoms with Gasteiger partial charge in [0.2, 0.25) is 5.91 Å². The molecule has 1 aromatic carbocycles. The summed E-state index contributed by atoms with van der Waals surface area (Å²) in [5, 5.41) is 6.89. The fourth-order valence-electron chi connectivity index (χ4n) is 2.64. The second-order valence-electron chi connectivity index (χ2n) is 5.70. The number of methoxy groups -OCH3 is 1. The maximum Gasteiger partial charge on any atom is 0.219 e. The maximum absolute atomic E-state index is 14.4. The smallest absolute Gasteiger partial charge is 0.219 e. The Morgan fingerprint density at radius 2 is 2.23 bits per heavy atom. The van der Waals surface area contributed by atoms with Crippen molar-refractivity contribution in [3.05, 3.63) is 48.8 Å². The zero-order valence-electron chi connectivity index (χ0n) is 14.6. The Kier molecular flexibility index (Phi) is 5.31. The molecule has 2 aromatic heterocycles. The summed E-state index contributed by atoms with van der Waals surface area (Å²) in [6, 6.07) is 4.66. The third kappa shape index (κ3) is 3.74. The second-order valence-corrected chi connectivity index (χ2v) is 5.70. The number of aromatic nitrogens is 4. The Hall–Kier alpha value is -3.16. The molecule has 0 bridgehead atoms. The van der Waals surface area contributed by atoms with Crippen LogP contribution >= 0.6 is 0 Å². The summed E-state index contributed by atoms with van der Waals surface area (Å²) in [7, 11) is 3.11. The summed E-state index contributed by atoms with van der Waals surface area (Å²) >= 11 is 0. The van der Waals surface area contributed by atoms with Crippen molar-refractivity contribution in [2.75, 3.05) is 14.2 Å². The number of halogens is 1. The lowest BCUT2D eigenvalue weighted by Gasteiger charge is -2.08. The van der Waals surface area contributed by atoms with Crippen LogP contribution in [-0.4, -0.2) is 39.4 Å². The predicted molar refractivity (Wildman–Crippen MR) is 94.6 cm³/mol. The van der Waals surface area contributed by atoms with E-state index in [2.05, 4.69) is 15.4 Å². The summed E-state index contributed by atoms with van der Waals surface area (Å²) in [6.07, 6.45) is 8.03. The number of rotatable bonds is 7. The summed E-state index contributed by atoms with van der Waals surface area (Å²) in [5.74, 6) is 0.530. The number of ether oxygens (including phenoxy) is 1. The monoisotopic (exact) mass is 357 g/mol. The molecule has 0 spiro atoms. The molecule has 136 valence electrons. The molecule has 0 aliphatic rings. The summed E-state index contributed by atoms with van der Waals surface area (Å²) < 4.78 is 23.0. The average molecular weight is 357 g/mol. The lowest BCUT2D eigenvalue weighted by Crippen LogP contribution is -2.17. The lowest BCUT2D eigenvalue weighted by molar-refractivity contribution is -0.120. The number of hydrogen-bond donors (Lipinski definition) is 1. The fourth-order valence-corrected chi connectivity index (χ4v) is 2.64. The van der Waals surface area contributed by atoms with E-state index in [1.165, 1.54) is 13.2 Å². The van der Waals surface area contributed by atoms with E-state index in [1.807, 2.05) is 6.20 Å². The number of hydrogen-bond acceptors (Lipinski definition) is 4. The number of aryl methyl sites for hydroxylation is 1. The molecule has 2 heterocycles. The van der Waals surface area contributed by atoms with Gasteiger partial charge in [0.1, 0.15) is 17.4 Å². The zero-order valence-corrected chi connectivity index (χ0v) is 14.6. The van der Waals surface area contributed by atoms with Gasteiger partial charge in [-0.2, -0.15) is 5.10 Å². The standard InChI is InChI=1S/C18H20FN5O2/c1-20-17(25)4-3-8-23-12-13(11-22-23)24-9-7-21-18(24)15-6-5-14(26-2)10-16(15)19/h5-7,9-12H,3-4,8H2,1-2H3,(H,20,25). The first kappa shape index (κ1) is 17.7. The number of nitrogens with zero attached hydrogens (tertiary/aromatic N) is 4. The molecule has 3 aromatic rings. The van der Waals surface area contributed by atoms with Crippen molar-refractivity contribution in [2.45, 2.75) is 19.4 Å². The highest BCUT2D eigenvalue weighted by Crippen LogP contribution is 2.26. The highest BCUT2D eigenvalue weighted by molar-refractivity contribution is 5.75. The summed E-state index contributed by atoms with van der Waals surface area (Å²) in [6.45, 7) is 0.619. The third-order valence-corrected chi connectivity index (χ3v) is 4.03. The van der Waals surface area contributed by atoms with Gasteiger partial charge in [-0.25, -0.2) is 9.37 Å². The van der Waals surface area contributed by atoms with Crippen LogP contribution in [0.4, 0.5) is 4.39 Å². The number of benzene rings is 1. The Bertz CT molecular complexity index is 903. The van der Waals surface area contributed by atoms with Gasteiger partial charge in [0.15, 0.2) is 0 Å². The average Bonchev–Trinajstić information content (AvgIpc) is 3.30. The largest absolute Gasteiger partial charge is 0.497 e. The second kappa shape index (κ2) is 7.81. The first-order chi connectivity index (χ1) is 12.6. The van der Waals surface area contributed by atoms with Crippen LogP contribution in [0.5, 0.6) is 5.75 Å². The van der Waals surface area contributed by atoms with Crippen LogP contribution in [0.3, 0.4) is 0 Å². The van der Waals surface area contributed by atoms with Gasteiger partial charge in [-0.3, -0.25) is 14.0 Å². The van der Waals surface area contributed by atoms with Gasteiger partial charge in [-0.15, -0.1) is 0 Å². The first-order valence-electron chi connectivity index (χ1n) is 8.23. The molecule has 26 heavy (non-hydrogen) atoms. The van der Waals surface area contributed by atoms with Crippen LogP contribution in [0, 0.1) is 5.82 Å². The molecular weight excluding hydrogens is 337 g/mol. The highest BCUT2D eigenvalue weighted by atomic mass is 19.1. The van der Waals surface area contributed by atoms with Crippen molar-refractivity contribution in [1.82, 2.24) is 24.6 Å². The van der Waals surface area contributed by atoms with Gasteiger partial charge < -0.3 is 10.1 Å². The van der Waals surface area contributed by atoms with Crippen molar-refractivity contribution in [1.29, 1.82) is 0 Å². The van der Waals surface area contributed by atoms with E-state index in [0.29, 0.717) is 36.5 Å². The van der Waals surface area contributed by atoms with E-state index < -0.39 is 5.82 Å². The van der Waals surface area contributed by atoms with Crippen molar-refractivity contribution in [2.24, 2.45) is 0 Å². The molecular formula is C18H20FN5O2. The van der Waals surface area contributed by atoms with E-state index >= 15 is 0 Å². The summed E-state index contributed by atoms with van der Waals surface area (Å²) in [4.78, 5) is 15.6. The molecule has 0 atom stereocenters. The molecule has 0 saturated carbocycles. The van der Waals surface area contributed by atoms with Gasteiger partial charge in [-0.05, 0) is 18.6 Å². The normalized spacial score (nSPS) is 10.7. The Labute approximate surface area is 150 Å². The third-order valence-electron chi connectivity index (χ3n) is 4.03. The highest BCUT2D eigenvalue weighted by Gasteiger charge is 2.14. The Balaban J connectivity index is 1.80. The van der Waals surface area contributed by atoms with E-state index in [1.54, 1.807) is 47.0 Å². The van der Waals surface area contributed by atoms with Crippen LogP contribution in [0.1, 0.15) is 12.8 Å². The molecule has 1 amide bonds. The first-order valence-corrected chi connectivity index (χ1v) is 8.23. The Morgan fingerprint density at radius 3 is 2.96 bits per heavy atom. The van der Waals surface area contributed by atoms with Crippen molar-refractivity contribution >= 4 is 5.91 Å². The molecule has 8 heteroatoms. The number of carbonyl (C=O) groups excluding carboxylic acids is 1. The van der Waals surface area contributed by atoms with Crippen molar-refractivity contribution in [3.63, 3.8) is 0 Å². The number of amides is 1. The quantitative estimate of drug-likeness (QED) is 0.705. The molecule has 1 N–H and O–H groups in total. The van der Waals surface area contributed by atoms with Gasteiger partial charge in [0, 0.05) is 44.7 Å². The minimum Gasteiger partial charge on any atom is -0.497 e. The van der Waals surface area contributed by atoms with Crippen LogP contribution in [0.25, 0.3) is 17.1 Å². The molecule has 0 aliphatic carbocycles. The topological polar surface area (TPSA) is 74.0 Å². The van der Waals surface area contributed by atoms with Gasteiger partial charge in [-0.1, -0.05) is 0 Å². The molecule has 3 rings (SSSR count). The van der Waals surface area contributed by atoms with Gasteiger partial charge >= 0.3 is 0 Å². The summed E-state index contributed by atoms with van der Waals surface area (Å²) in [5.41, 5.74) is 1.15. The van der Waals surface area contributed by atoms with Gasteiger partial charge in [0.25, 0.3) is 0 Å². The fraction of sp³-hybridized carbons (Fsp3) is 0.278. The van der Waals surface area contributed by atoms with Crippen LogP contribution in [-0.2, 0) is 11.3 Å². The molecule has 0 saturated heterocycles. The number of imidazole rings is 1. The van der Waals surface area contributed by atoms with Crippen LogP contribution in [0.2, 0.25) is 0 Å². The molecule has 0 radical (unpaired) electrons. The molecule has 7 nitrogen and oxygen atoms in total. The molecule has 0 unspecified atom stereocenters. The van der Waals surface area contributed by atoms with E-state index in [9.17, 15) is 9.18 Å².